The van der Waals surface area contributed by atoms with E-state index in [-0.39, 0.29) is 11.5 Å². The van der Waals surface area contributed by atoms with Gasteiger partial charge in [-0.2, -0.15) is 0 Å². The first-order valence-electron chi connectivity index (χ1n) is 14.2. The van der Waals surface area contributed by atoms with Crippen LogP contribution in [-0.2, 0) is 18.9 Å². The summed E-state index contributed by atoms with van der Waals surface area (Å²) >= 11 is 5.97. The topological polar surface area (TPSA) is 80.1 Å². The average molecular weight is 593 g/mol. The van der Waals surface area contributed by atoms with Crippen LogP contribution in [0.2, 0.25) is 5.02 Å². The molecule has 0 amide bonds. The highest BCUT2D eigenvalue weighted by Gasteiger charge is 2.43. The predicted molar refractivity (Wildman–Crippen MR) is 159 cm³/mol. The van der Waals surface area contributed by atoms with E-state index in [0.717, 1.165) is 61.4 Å². The van der Waals surface area contributed by atoms with Gasteiger partial charge in [-0.1, -0.05) is 23.7 Å². The molecular weight excluding hydrogens is 559 g/mol. The molecule has 2 aliphatic rings. The molecule has 8 nitrogen and oxygen atoms in total. The number of benzene rings is 3. The molecule has 1 aromatic heterocycles. The Bertz CT molecular complexity index is 1650. The lowest BCUT2D eigenvalue weighted by molar-refractivity contribution is -0.0712. The van der Waals surface area contributed by atoms with Gasteiger partial charge in [-0.3, -0.25) is 4.90 Å². The maximum Gasteiger partial charge on any atom is 0.335 e. The normalized spacial score (nSPS) is 19.2. The number of piperidine rings is 1. The minimum Gasteiger partial charge on any atom is -0.478 e. The number of likely N-dealkylation sites (tertiary alicyclic amines) is 1. The number of fused-ring (bicyclic) bond motifs is 2. The van der Waals surface area contributed by atoms with Crippen molar-refractivity contribution in [3.63, 3.8) is 0 Å². The van der Waals surface area contributed by atoms with Gasteiger partial charge in [-0.05, 0) is 88.4 Å². The van der Waals surface area contributed by atoms with Crippen molar-refractivity contribution in [3.05, 3.63) is 88.0 Å². The summed E-state index contributed by atoms with van der Waals surface area (Å²) in [6.07, 6.45) is 1.85. The van der Waals surface area contributed by atoms with E-state index in [0.29, 0.717) is 28.6 Å². The molecule has 0 spiro atoms. The molecule has 0 aliphatic carbocycles. The van der Waals surface area contributed by atoms with Gasteiger partial charge in [-0.25, -0.2) is 14.2 Å². The van der Waals surface area contributed by atoms with Crippen molar-refractivity contribution in [1.29, 1.82) is 0 Å². The van der Waals surface area contributed by atoms with Crippen LogP contribution >= 0.6 is 11.6 Å². The van der Waals surface area contributed by atoms with E-state index >= 15 is 0 Å². The van der Waals surface area contributed by atoms with Gasteiger partial charge in [0.05, 0.1) is 28.7 Å². The molecule has 1 atom stereocenters. The Morgan fingerprint density at radius 2 is 1.93 bits per heavy atom. The second kappa shape index (κ2) is 11.2. The van der Waals surface area contributed by atoms with Crippen LogP contribution < -0.4 is 9.47 Å². The monoisotopic (exact) mass is 592 g/mol. The summed E-state index contributed by atoms with van der Waals surface area (Å²) in [7, 11) is 4.05. The Labute approximate surface area is 249 Å². The first-order chi connectivity index (χ1) is 20.1. The first-order valence-corrected chi connectivity index (χ1v) is 14.5. The molecule has 0 unspecified atom stereocenters. The molecule has 10 heteroatoms. The van der Waals surface area contributed by atoms with E-state index in [4.69, 9.17) is 26.1 Å². The van der Waals surface area contributed by atoms with Crippen molar-refractivity contribution in [3.8, 4) is 11.5 Å². The largest absolute Gasteiger partial charge is 0.478 e. The third-order valence-corrected chi connectivity index (χ3v) is 8.50. The van der Waals surface area contributed by atoms with Crippen LogP contribution in [0.25, 0.3) is 11.0 Å². The number of hydrogen-bond acceptors (Lipinski definition) is 6. The van der Waals surface area contributed by atoms with Gasteiger partial charge < -0.3 is 24.0 Å². The summed E-state index contributed by atoms with van der Waals surface area (Å²) in [6, 6.07) is 15.5. The molecule has 1 fully saturated rings. The van der Waals surface area contributed by atoms with Gasteiger partial charge in [0.15, 0.2) is 11.5 Å². The second-order valence-corrected chi connectivity index (χ2v) is 11.9. The van der Waals surface area contributed by atoms with Gasteiger partial charge in [-0.15, -0.1) is 0 Å². The molecule has 220 valence electrons. The second-order valence-electron chi connectivity index (χ2n) is 11.5. The zero-order chi connectivity index (χ0) is 29.6. The Kier molecular flexibility index (Phi) is 7.59. The Balaban J connectivity index is 1.18. The minimum atomic E-state index is -1.28. The molecule has 42 heavy (non-hydrogen) atoms. The number of para-hydroxylation sites is 1. The van der Waals surface area contributed by atoms with E-state index in [1.54, 1.807) is 37.3 Å². The molecule has 2 aliphatic heterocycles. The fourth-order valence-electron chi connectivity index (χ4n) is 6.01. The van der Waals surface area contributed by atoms with Crippen molar-refractivity contribution < 1.29 is 23.8 Å². The number of imidazole rings is 1. The Morgan fingerprint density at radius 1 is 1.14 bits per heavy atom. The van der Waals surface area contributed by atoms with Crippen LogP contribution in [0.3, 0.4) is 0 Å². The van der Waals surface area contributed by atoms with E-state index in [2.05, 4.69) is 20.4 Å². The van der Waals surface area contributed by atoms with Gasteiger partial charge in [0.25, 0.3) is 5.79 Å². The lowest BCUT2D eigenvalue weighted by Gasteiger charge is -2.32. The van der Waals surface area contributed by atoms with Crippen molar-refractivity contribution >= 4 is 28.6 Å². The summed E-state index contributed by atoms with van der Waals surface area (Å²) < 4.78 is 29.5. The number of carboxylic acids is 1. The molecular formula is C32H34ClFN4O4. The van der Waals surface area contributed by atoms with E-state index in [1.807, 2.05) is 26.2 Å². The average Bonchev–Trinajstić information content (AvgIpc) is 3.48. The highest BCUT2D eigenvalue weighted by molar-refractivity contribution is 6.30. The van der Waals surface area contributed by atoms with Crippen LogP contribution in [0.1, 0.15) is 53.0 Å². The van der Waals surface area contributed by atoms with Crippen LogP contribution in [0.4, 0.5) is 4.39 Å². The summed E-state index contributed by atoms with van der Waals surface area (Å²) in [5.74, 6) is -0.201. The zero-order valence-electron chi connectivity index (χ0n) is 23.9. The molecule has 0 bridgehead atoms. The maximum absolute atomic E-state index is 14.8. The highest BCUT2D eigenvalue weighted by Crippen LogP contribution is 2.49. The number of carboxylic acid groups (broad SMARTS) is 1. The third kappa shape index (κ3) is 5.44. The fraction of sp³-hybridized carbons (Fsp3) is 0.375. The number of rotatable bonds is 8. The predicted octanol–water partition coefficient (Wildman–Crippen LogP) is 6.11. The molecule has 3 heterocycles. The number of hydrogen-bond donors (Lipinski definition) is 1. The van der Waals surface area contributed by atoms with Crippen molar-refractivity contribution in [2.75, 3.05) is 33.7 Å². The summed E-state index contributed by atoms with van der Waals surface area (Å²) in [5, 5.41) is 9.84. The van der Waals surface area contributed by atoms with E-state index in [1.165, 1.54) is 6.07 Å². The number of likely N-dealkylation sites (N-methyl/N-ethyl adjacent to an activating group) is 1. The Hall–Kier alpha value is -3.66. The molecule has 0 radical (unpaired) electrons. The summed E-state index contributed by atoms with van der Waals surface area (Å²) in [4.78, 5) is 21.0. The number of aromatic nitrogens is 2. The maximum atomic E-state index is 14.8. The zero-order valence-corrected chi connectivity index (χ0v) is 24.7. The van der Waals surface area contributed by atoms with Crippen LogP contribution in [0, 0.1) is 5.82 Å². The van der Waals surface area contributed by atoms with Crippen LogP contribution in [0.5, 0.6) is 11.5 Å². The fourth-order valence-corrected chi connectivity index (χ4v) is 6.17. The smallest absolute Gasteiger partial charge is 0.335 e. The van der Waals surface area contributed by atoms with Gasteiger partial charge in [0, 0.05) is 30.6 Å². The van der Waals surface area contributed by atoms with Crippen molar-refractivity contribution in [1.82, 2.24) is 19.4 Å². The molecule has 3 aromatic carbocycles. The first kappa shape index (κ1) is 28.5. The van der Waals surface area contributed by atoms with E-state index < -0.39 is 17.6 Å². The lowest BCUT2D eigenvalue weighted by atomic mass is 9.88. The SMILES string of the molecule is CN(C)CCn1c(CN2CCC(c3cccc4c3O[C@@](C)(c3ccc(Cl)cc3F)O4)CC2)nc2ccc(C(=O)O)cc21. The standard InChI is InChI=1S/C32H34ClFN4O4/c1-32(24-9-8-22(33)18-25(24)34)41-28-6-4-5-23(30(28)42-32)20-11-13-37(14-12-20)19-29-35-26-10-7-21(31(39)40)17-27(26)38(29)16-15-36(2)3/h4-10,17-18,20H,11-16,19H2,1-3H3,(H,39,40)/t32-/m0/s1. The number of nitrogens with zero attached hydrogens (tertiary/aromatic N) is 4. The molecule has 0 saturated carbocycles. The van der Waals surface area contributed by atoms with E-state index in [9.17, 15) is 14.3 Å². The van der Waals surface area contributed by atoms with Gasteiger partial charge >= 0.3 is 5.97 Å². The lowest BCUT2D eigenvalue weighted by Crippen LogP contribution is -2.34. The minimum absolute atomic E-state index is 0.261. The quantitative estimate of drug-likeness (QED) is 0.264. The van der Waals surface area contributed by atoms with Gasteiger partial charge in [0.1, 0.15) is 11.6 Å². The molecule has 4 aromatic rings. The molecule has 1 saturated heterocycles. The molecule has 1 N–H and O–H groups in total. The number of halogens is 2. The highest BCUT2D eigenvalue weighted by atomic mass is 35.5. The third-order valence-electron chi connectivity index (χ3n) is 8.27. The number of ether oxygens (including phenoxy) is 2. The number of aromatic carboxylic acids is 1. The number of carbonyl (C=O) groups is 1. The van der Waals surface area contributed by atoms with Crippen LogP contribution in [-0.4, -0.2) is 64.2 Å². The summed E-state index contributed by atoms with van der Waals surface area (Å²) in [6.45, 7) is 5.69. The molecule has 6 rings (SSSR count). The van der Waals surface area contributed by atoms with Crippen LogP contribution in [0.15, 0.2) is 54.6 Å². The van der Waals surface area contributed by atoms with Gasteiger partial charge in [0.2, 0.25) is 0 Å². The van der Waals surface area contributed by atoms with Crippen molar-refractivity contribution in [2.45, 2.75) is 44.6 Å². The summed E-state index contributed by atoms with van der Waals surface area (Å²) in [5.41, 5.74) is 3.29. The van der Waals surface area contributed by atoms with Crippen molar-refractivity contribution in [2.24, 2.45) is 0 Å². The Morgan fingerprint density at radius 3 is 2.64 bits per heavy atom.